The molecule has 0 bridgehead atoms. The minimum absolute atomic E-state index is 0.156. The van der Waals surface area contributed by atoms with E-state index in [0.717, 1.165) is 38.2 Å². The van der Waals surface area contributed by atoms with Gasteiger partial charge in [0.05, 0.1) is 6.61 Å². The predicted molar refractivity (Wildman–Crippen MR) is 84.2 cm³/mol. The van der Waals surface area contributed by atoms with Gasteiger partial charge in [0.1, 0.15) is 5.54 Å². The maximum atomic E-state index is 12.6. The minimum atomic E-state index is -0.704. The van der Waals surface area contributed by atoms with E-state index in [1.54, 1.807) is 0 Å². The maximum absolute atomic E-state index is 12.6. The highest BCUT2D eigenvalue weighted by molar-refractivity contribution is 5.82. The number of rotatable bonds is 5. The summed E-state index contributed by atoms with van der Waals surface area (Å²) >= 11 is 0. The summed E-state index contributed by atoms with van der Waals surface area (Å²) in [4.78, 5) is 14.9. The standard InChI is InChI=1S/C17H26N2O2/c1-4-14-6-8-15(9-7-14)17(3,16(20)21-5-2)19-12-10-18-11-13-19/h6-9,18H,4-5,10-13H2,1-3H3. The van der Waals surface area contributed by atoms with Gasteiger partial charge in [-0.2, -0.15) is 0 Å². The normalized spacial score (nSPS) is 19.0. The summed E-state index contributed by atoms with van der Waals surface area (Å²) in [6, 6.07) is 8.35. The first kappa shape index (κ1) is 16.0. The van der Waals surface area contributed by atoms with Gasteiger partial charge in [0, 0.05) is 26.2 Å². The van der Waals surface area contributed by atoms with Crippen LogP contribution in [0.5, 0.6) is 0 Å². The number of piperazine rings is 1. The fourth-order valence-corrected chi connectivity index (χ4v) is 2.88. The number of hydrogen-bond acceptors (Lipinski definition) is 4. The maximum Gasteiger partial charge on any atom is 0.330 e. The summed E-state index contributed by atoms with van der Waals surface area (Å²) in [5.74, 6) is -0.156. The highest BCUT2D eigenvalue weighted by Gasteiger charge is 2.42. The molecule has 116 valence electrons. The second-order valence-corrected chi connectivity index (χ2v) is 5.58. The molecule has 1 N–H and O–H groups in total. The Labute approximate surface area is 127 Å². The van der Waals surface area contributed by atoms with Crippen molar-refractivity contribution in [3.8, 4) is 0 Å². The molecule has 0 aliphatic carbocycles. The average Bonchev–Trinajstić information content (AvgIpc) is 2.55. The van der Waals surface area contributed by atoms with Crippen LogP contribution in [0, 0.1) is 0 Å². The van der Waals surface area contributed by atoms with E-state index in [1.165, 1.54) is 5.56 Å². The highest BCUT2D eigenvalue weighted by atomic mass is 16.5. The molecule has 4 nitrogen and oxygen atoms in total. The third-order valence-electron chi connectivity index (χ3n) is 4.35. The van der Waals surface area contributed by atoms with Crippen molar-refractivity contribution in [2.24, 2.45) is 0 Å². The van der Waals surface area contributed by atoms with E-state index in [9.17, 15) is 4.79 Å². The van der Waals surface area contributed by atoms with E-state index in [1.807, 2.05) is 13.8 Å². The lowest BCUT2D eigenvalue weighted by Gasteiger charge is -2.41. The number of nitrogens with one attached hydrogen (secondary N) is 1. The SMILES string of the molecule is CCOC(=O)C(C)(c1ccc(CC)cc1)N1CCNCC1. The minimum Gasteiger partial charge on any atom is -0.464 e. The quantitative estimate of drug-likeness (QED) is 0.842. The van der Waals surface area contributed by atoms with Crippen LogP contribution in [0.4, 0.5) is 0 Å². The molecule has 1 aliphatic heterocycles. The van der Waals surface area contributed by atoms with Gasteiger partial charge in [-0.25, -0.2) is 4.79 Å². The van der Waals surface area contributed by atoms with Crippen LogP contribution in [0.1, 0.15) is 31.9 Å². The van der Waals surface area contributed by atoms with E-state index in [4.69, 9.17) is 4.74 Å². The van der Waals surface area contributed by atoms with Crippen molar-refractivity contribution in [3.63, 3.8) is 0 Å². The Balaban J connectivity index is 2.35. The third kappa shape index (κ3) is 3.27. The number of carbonyl (C=O) groups is 1. The zero-order valence-corrected chi connectivity index (χ0v) is 13.3. The third-order valence-corrected chi connectivity index (χ3v) is 4.35. The lowest BCUT2D eigenvalue weighted by atomic mass is 9.88. The Kier molecular flexibility index (Phi) is 5.37. The van der Waals surface area contributed by atoms with Crippen LogP contribution < -0.4 is 5.32 Å². The second kappa shape index (κ2) is 7.05. The van der Waals surface area contributed by atoms with Gasteiger partial charge in [-0.05, 0) is 31.4 Å². The van der Waals surface area contributed by atoms with Gasteiger partial charge in [0.25, 0.3) is 0 Å². The number of aryl methyl sites for hydroxylation is 1. The Hall–Kier alpha value is -1.39. The molecule has 0 amide bonds. The van der Waals surface area contributed by atoms with Crippen molar-refractivity contribution in [1.82, 2.24) is 10.2 Å². The van der Waals surface area contributed by atoms with E-state index in [0.29, 0.717) is 6.61 Å². The van der Waals surface area contributed by atoms with Gasteiger partial charge in [-0.15, -0.1) is 0 Å². The largest absolute Gasteiger partial charge is 0.464 e. The van der Waals surface area contributed by atoms with Crippen LogP contribution in [0.2, 0.25) is 0 Å². The molecule has 1 aromatic carbocycles. The van der Waals surface area contributed by atoms with E-state index in [-0.39, 0.29) is 5.97 Å². The molecule has 0 radical (unpaired) electrons. The molecule has 1 aromatic rings. The Morgan fingerprint density at radius 2 is 1.86 bits per heavy atom. The molecule has 4 heteroatoms. The van der Waals surface area contributed by atoms with Crippen LogP contribution in [0.3, 0.4) is 0 Å². The monoisotopic (exact) mass is 290 g/mol. The van der Waals surface area contributed by atoms with Gasteiger partial charge in [-0.1, -0.05) is 31.2 Å². The Bertz CT molecular complexity index is 466. The summed E-state index contributed by atoms with van der Waals surface area (Å²) in [6.45, 7) is 9.90. The molecule has 2 rings (SSSR count). The molecule has 1 atom stereocenters. The van der Waals surface area contributed by atoms with Gasteiger partial charge in [-0.3, -0.25) is 4.90 Å². The molecule has 0 aromatic heterocycles. The van der Waals surface area contributed by atoms with Crippen molar-refractivity contribution in [2.45, 2.75) is 32.7 Å². The van der Waals surface area contributed by atoms with Crippen molar-refractivity contribution in [2.75, 3.05) is 32.8 Å². The van der Waals surface area contributed by atoms with Crippen LogP contribution >= 0.6 is 0 Å². The van der Waals surface area contributed by atoms with Gasteiger partial charge < -0.3 is 10.1 Å². The summed E-state index contributed by atoms with van der Waals surface area (Å²) in [7, 11) is 0. The Morgan fingerprint density at radius 1 is 1.24 bits per heavy atom. The first-order valence-corrected chi connectivity index (χ1v) is 7.85. The molecule has 1 unspecified atom stereocenters. The van der Waals surface area contributed by atoms with Crippen molar-refractivity contribution in [1.29, 1.82) is 0 Å². The number of hydrogen-bond donors (Lipinski definition) is 1. The lowest BCUT2D eigenvalue weighted by molar-refractivity contribution is -0.158. The molecule has 1 heterocycles. The number of carbonyl (C=O) groups excluding carboxylic acids is 1. The summed E-state index contributed by atoms with van der Waals surface area (Å²) < 4.78 is 5.37. The zero-order chi connectivity index (χ0) is 15.3. The highest BCUT2D eigenvalue weighted by Crippen LogP contribution is 2.30. The summed E-state index contributed by atoms with van der Waals surface area (Å²) in [5, 5.41) is 3.33. The first-order chi connectivity index (χ1) is 10.1. The van der Waals surface area contributed by atoms with Crippen molar-refractivity contribution < 1.29 is 9.53 Å². The number of esters is 1. The topological polar surface area (TPSA) is 41.6 Å². The van der Waals surface area contributed by atoms with Gasteiger partial charge >= 0.3 is 5.97 Å². The Morgan fingerprint density at radius 3 is 2.38 bits per heavy atom. The van der Waals surface area contributed by atoms with Crippen molar-refractivity contribution >= 4 is 5.97 Å². The van der Waals surface area contributed by atoms with Crippen molar-refractivity contribution in [3.05, 3.63) is 35.4 Å². The molecule has 21 heavy (non-hydrogen) atoms. The van der Waals surface area contributed by atoms with Crippen LogP contribution in [0.25, 0.3) is 0 Å². The zero-order valence-electron chi connectivity index (χ0n) is 13.3. The average molecular weight is 290 g/mol. The molecule has 0 spiro atoms. The van der Waals surface area contributed by atoms with Crippen LogP contribution in [-0.4, -0.2) is 43.7 Å². The van der Waals surface area contributed by atoms with Crippen LogP contribution in [0.15, 0.2) is 24.3 Å². The van der Waals surface area contributed by atoms with Gasteiger partial charge in [0.15, 0.2) is 0 Å². The number of ether oxygens (including phenoxy) is 1. The summed E-state index contributed by atoms with van der Waals surface area (Å²) in [6.07, 6.45) is 1.00. The second-order valence-electron chi connectivity index (χ2n) is 5.58. The fourth-order valence-electron chi connectivity index (χ4n) is 2.88. The van der Waals surface area contributed by atoms with E-state index in [2.05, 4.69) is 41.4 Å². The summed E-state index contributed by atoms with van der Waals surface area (Å²) in [5.41, 5.74) is 1.59. The molecule has 0 saturated carbocycles. The molecule has 1 fully saturated rings. The van der Waals surface area contributed by atoms with E-state index < -0.39 is 5.54 Å². The molecule has 1 saturated heterocycles. The molecule has 1 aliphatic rings. The lowest BCUT2D eigenvalue weighted by Crippen LogP contribution is -2.57. The number of benzene rings is 1. The molecular formula is C17H26N2O2. The fraction of sp³-hybridized carbons (Fsp3) is 0.588. The first-order valence-electron chi connectivity index (χ1n) is 7.85. The van der Waals surface area contributed by atoms with Crippen LogP contribution in [-0.2, 0) is 21.5 Å². The predicted octanol–water partition coefficient (Wildman–Crippen LogP) is 1.93. The van der Waals surface area contributed by atoms with E-state index >= 15 is 0 Å². The smallest absolute Gasteiger partial charge is 0.330 e. The molecular weight excluding hydrogens is 264 g/mol. The van der Waals surface area contributed by atoms with Gasteiger partial charge in [0.2, 0.25) is 0 Å². The number of nitrogens with zero attached hydrogens (tertiary/aromatic N) is 1.